The summed E-state index contributed by atoms with van der Waals surface area (Å²) in [5, 5.41) is 8.43. The first kappa shape index (κ1) is 23.3. The van der Waals surface area contributed by atoms with E-state index in [-0.39, 0.29) is 34.2 Å². The number of methoxy groups -OCH3 is 1. The van der Waals surface area contributed by atoms with Crippen molar-refractivity contribution in [3.8, 4) is 17.4 Å². The fourth-order valence-corrected chi connectivity index (χ4v) is 2.71. The van der Waals surface area contributed by atoms with Crippen LogP contribution in [0.2, 0.25) is 15.2 Å². The molecule has 6 nitrogen and oxygen atoms in total. The predicted molar refractivity (Wildman–Crippen MR) is 107 cm³/mol. The molecule has 148 valence electrons. The molecule has 1 aromatic heterocycles. The summed E-state index contributed by atoms with van der Waals surface area (Å²) >= 11 is 18.4. The number of esters is 1. The summed E-state index contributed by atoms with van der Waals surface area (Å²) < 4.78 is 15.4. The van der Waals surface area contributed by atoms with Gasteiger partial charge in [0.1, 0.15) is 5.75 Å². The van der Waals surface area contributed by atoms with Crippen LogP contribution in [0.1, 0.15) is 39.2 Å². The zero-order chi connectivity index (χ0) is 20.6. The minimum absolute atomic E-state index is 0.144. The van der Waals surface area contributed by atoms with Crippen LogP contribution < -0.4 is 9.47 Å². The van der Waals surface area contributed by atoms with Crippen molar-refractivity contribution in [1.29, 1.82) is 0 Å². The molecule has 0 radical (unpaired) electrons. The van der Waals surface area contributed by atoms with Gasteiger partial charge in [-0.05, 0) is 11.5 Å². The molecule has 0 saturated heterocycles. The number of hydrogen-bond acceptors (Lipinski definition) is 6. The number of rotatable bonds is 6. The van der Waals surface area contributed by atoms with Gasteiger partial charge in [0.05, 0.1) is 17.2 Å². The Morgan fingerprint density at radius 2 is 1.67 bits per heavy atom. The third-order valence-corrected chi connectivity index (χ3v) is 3.99. The molecule has 0 amide bonds. The van der Waals surface area contributed by atoms with Gasteiger partial charge in [0.15, 0.2) is 17.5 Å². The van der Waals surface area contributed by atoms with Gasteiger partial charge in [-0.3, -0.25) is 0 Å². The second-order valence-electron chi connectivity index (χ2n) is 5.27. The lowest BCUT2D eigenvalue weighted by molar-refractivity contribution is -0.142. The zero-order valence-corrected chi connectivity index (χ0v) is 17.9. The van der Waals surface area contributed by atoms with Gasteiger partial charge in [-0.1, -0.05) is 62.5 Å². The maximum Gasteiger partial charge on any atom is 0.343 e. The lowest BCUT2D eigenvalue weighted by atomic mass is 10.1. The van der Waals surface area contributed by atoms with Crippen LogP contribution >= 0.6 is 34.8 Å². The van der Waals surface area contributed by atoms with Crippen molar-refractivity contribution in [2.75, 3.05) is 13.7 Å². The van der Waals surface area contributed by atoms with Gasteiger partial charge in [-0.25, -0.2) is 4.79 Å². The number of hydrogen-bond donors (Lipinski definition) is 0. The minimum atomic E-state index is -0.523. The van der Waals surface area contributed by atoms with Crippen LogP contribution in [0.4, 0.5) is 0 Å². The van der Waals surface area contributed by atoms with Crippen LogP contribution in [0, 0.1) is 0 Å². The highest BCUT2D eigenvalue weighted by molar-refractivity contribution is 6.37. The van der Waals surface area contributed by atoms with Gasteiger partial charge in [0.2, 0.25) is 5.88 Å². The van der Waals surface area contributed by atoms with Crippen LogP contribution in [0.25, 0.3) is 0 Å². The number of carbonyl (C=O) groups excluding carboxylic acids is 1. The first-order chi connectivity index (χ1) is 12.8. The Labute approximate surface area is 173 Å². The fourth-order valence-electron chi connectivity index (χ4n) is 1.85. The van der Waals surface area contributed by atoms with Gasteiger partial charge in [0, 0.05) is 18.2 Å². The standard InChI is InChI=1S/C16H15Cl3N2O4.C2H6/c1-8(2)10-6-13(20-21-16(10)19)25-15-11(17)4-9(5-12(15)18)24-7-14(22)23-3;1-2/h4-6,8H,7H2,1-3H3;1-2H3. The Balaban J connectivity index is 0.00000176. The van der Waals surface area contributed by atoms with Crippen molar-refractivity contribution >= 4 is 40.8 Å². The molecular formula is C18H21Cl3N2O4. The number of ether oxygens (including phenoxy) is 3. The second kappa shape index (κ2) is 11.2. The third kappa shape index (κ3) is 6.72. The summed E-state index contributed by atoms with van der Waals surface area (Å²) in [5.74, 6) is 0.327. The molecule has 0 saturated carbocycles. The smallest absolute Gasteiger partial charge is 0.343 e. The quantitative estimate of drug-likeness (QED) is 0.524. The molecule has 0 bridgehead atoms. The maximum absolute atomic E-state index is 11.1. The van der Waals surface area contributed by atoms with E-state index < -0.39 is 5.97 Å². The van der Waals surface area contributed by atoms with E-state index in [0.717, 1.165) is 5.56 Å². The van der Waals surface area contributed by atoms with Crippen LogP contribution in [-0.4, -0.2) is 29.9 Å². The summed E-state index contributed by atoms with van der Waals surface area (Å²) in [6.45, 7) is 7.68. The van der Waals surface area contributed by atoms with Gasteiger partial charge in [0.25, 0.3) is 0 Å². The lowest BCUT2D eigenvalue weighted by Crippen LogP contribution is -2.12. The highest BCUT2D eigenvalue weighted by Gasteiger charge is 2.15. The van der Waals surface area contributed by atoms with Crippen molar-refractivity contribution in [1.82, 2.24) is 10.2 Å². The Bertz CT molecular complexity index is 762. The predicted octanol–water partition coefficient (Wildman–Crippen LogP) is 5.93. The van der Waals surface area contributed by atoms with Gasteiger partial charge >= 0.3 is 5.97 Å². The van der Waals surface area contributed by atoms with E-state index in [1.807, 2.05) is 27.7 Å². The number of nitrogens with zero attached hydrogens (tertiary/aromatic N) is 2. The third-order valence-electron chi connectivity index (χ3n) is 3.14. The summed E-state index contributed by atoms with van der Waals surface area (Å²) in [6, 6.07) is 4.62. The second-order valence-corrected chi connectivity index (χ2v) is 6.44. The average molecular weight is 436 g/mol. The van der Waals surface area contributed by atoms with Gasteiger partial charge in [-0.2, -0.15) is 0 Å². The molecule has 9 heteroatoms. The monoisotopic (exact) mass is 434 g/mol. The van der Waals surface area contributed by atoms with E-state index in [9.17, 15) is 4.79 Å². The summed E-state index contributed by atoms with van der Waals surface area (Å²) in [7, 11) is 1.27. The molecule has 0 aliphatic rings. The van der Waals surface area contributed by atoms with Crippen LogP contribution in [0.5, 0.6) is 17.4 Å². The molecule has 0 fully saturated rings. The molecule has 0 aliphatic heterocycles. The Kier molecular flexibility index (Phi) is 9.63. The van der Waals surface area contributed by atoms with E-state index in [0.29, 0.717) is 10.9 Å². The molecule has 0 unspecified atom stereocenters. The van der Waals surface area contributed by atoms with Crippen molar-refractivity contribution in [3.63, 3.8) is 0 Å². The number of halogens is 3. The molecule has 27 heavy (non-hydrogen) atoms. The number of aromatic nitrogens is 2. The fraction of sp³-hybridized carbons (Fsp3) is 0.389. The van der Waals surface area contributed by atoms with E-state index in [4.69, 9.17) is 44.3 Å². The van der Waals surface area contributed by atoms with E-state index in [1.165, 1.54) is 19.2 Å². The molecule has 1 heterocycles. The first-order valence-electron chi connectivity index (χ1n) is 8.21. The topological polar surface area (TPSA) is 70.5 Å². The van der Waals surface area contributed by atoms with Crippen molar-refractivity contribution in [2.24, 2.45) is 0 Å². The zero-order valence-electron chi connectivity index (χ0n) is 15.7. The molecule has 0 N–H and O–H groups in total. The highest BCUT2D eigenvalue weighted by Crippen LogP contribution is 2.39. The van der Waals surface area contributed by atoms with E-state index in [2.05, 4.69) is 14.9 Å². The molecule has 0 aliphatic carbocycles. The van der Waals surface area contributed by atoms with E-state index >= 15 is 0 Å². The van der Waals surface area contributed by atoms with Crippen LogP contribution in [0.15, 0.2) is 18.2 Å². The Hall–Kier alpha value is -1.76. The highest BCUT2D eigenvalue weighted by atomic mass is 35.5. The molecule has 0 spiro atoms. The van der Waals surface area contributed by atoms with Crippen molar-refractivity contribution in [3.05, 3.63) is 39.0 Å². The largest absolute Gasteiger partial charge is 0.482 e. The average Bonchev–Trinajstić information content (AvgIpc) is 2.65. The van der Waals surface area contributed by atoms with Crippen LogP contribution in [0.3, 0.4) is 0 Å². The van der Waals surface area contributed by atoms with Crippen molar-refractivity contribution in [2.45, 2.75) is 33.6 Å². The van der Waals surface area contributed by atoms with Crippen molar-refractivity contribution < 1.29 is 19.0 Å². The Morgan fingerprint density at radius 3 is 2.19 bits per heavy atom. The van der Waals surface area contributed by atoms with Gasteiger partial charge in [-0.15, -0.1) is 10.2 Å². The molecule has 2 aromatic rings. The molecular weight excluding hydrogens is 415 g/mol. The number of carbonyl (C=O) groups is 1. The normalized spacial score (nSPS) is 10.1. The number of benzene rings is 1. The maximum atomic E-state index is 11.1. The Morgan fingerprint density at radius 1 is 1.07 bits per heavy atom. The summed E-state index contributed by atoms with van der Waals surface area (Å²) in [5.41, 5.74) is 0.789. The van der Waals surface area contributed by atoms with Gasteiger partial charge < -0.3 is 14.2 Å². The van der Waals surface area contributed by atoms with Crippen LogP contribution in [-0.2, 0) is 9.53 Å². The summed E-state index contributed by atoms with van der Waals surface area (Å²) in [6.07, 6.45) is 0. The lowest BCUT2D eigenvalue weighted by Gasteiger charge is -2.13. The minimum Gasteiger partial charge on any atom is -0.482 e. The first-order valence-corrected chi connectivity index (χ1v) is 9.34. The molecule has 2 rings (SSSR count). The molecule has 1 aromatic carbocycles. The summed E-state index contributed by atoms with van der Waals surface area (Å²) in [4.78, 5) is 11.1. The SMILES string of the molecule is CC.COC(=O)COc1cc(Cl)c(Oc2cc(C(C)C)c(Cl)nn2)c(Cl)c1. The van der Waals surface area contributed by atoms with E-state index in [1.54, 1.807) is 6.07 Å². The molecule has 0 atom stereocenters.